The number of carbonyl (C=O) groups is 1. The van der Waals surface area contributed by atoms with E-state index in [4.69, 9.17) is 5.73 Å². The highest BCUT2D eigenvalue weighted by molar-refractivity contribution is 7.17. The van der Waals surface area contributed by atoms with Gasteiger partial charge in [0.2, 0.25) is 0 Å². The van der Waals surface area contributed by atoms with Crippen molar-refractivity contribution in [2.45, 2.75) is 0 Å². The molecule has 0 saturated carbocycles. The van der Waals surface area contributed by atoms with Gasteiger partial charge in [-0.25, -0.2) is 0 Å². The number of carbonyl (C=O) groups excluding carboxylic acids is 1. The lowest BCUT2D eigenvalue weighted by Gasteiger charge is -2.01. The van der Waals surface area contributed by atoms with Gasteiger partial charge in [-0.05, 0) is 17.5 Å². The summed E-state index contributed by atoms with van der Waals surface area (Å²) >= 11 is 1.37. The molecule has 1 heterocycles. The Labute approximate surface area is 78.4 Å². The van der Waals surface area contributed by atoms with Gasteiger partial charge in [-0.1, -0.05) is 0 Å². The zero-order valence-corrected chi connectivity index (χ0v) is 7.47. The van der Waals surface area contributed by atoms with Crippen LogP contribution in [0.15, 0.2) is 17.5 Å². The zero-order valence-electron chi connectivity index (χ0n) is 6.65. The lowest BCUT2D eigenvalue weighted by atomic mass is 10.1. The van der Waals surface area contributed by atoms with Gasteiger partial charge in [-0.15, -0.1) is 11.3 Å². The summed E-state index contributed by atoms with van der Waals surface area (Å²) in [4.78, 5) is 10.5. The lowest BCUT2D eigenvalue weighted by Crippen LogP contribution is -1.89. The molecule has 2 rings (SSSR count). The summed E-state index contributed by atoms with van der Waals surface area (Å²) in [7, 11) is 0. The van der Waals surface area contributed by atoms with E-state index in [1.165, 1.54) is 17.4 Å². The first-order valence-electron chi connectivity index (χ1n) is 3.68. The largest absolute Gasteiger partial charge is 0.506 e. The molecule has 66 valence electrons. The second kappa shape index (κ2) is 2.74. The number of rotatable bonds is 1. The third-order valence-corrected chi connectivity index (χ3v) is 2.82. The number of nitrogens with two attached hydrogens (primary N) is 1. The second-order valence-electron chi connectivity index (χ2n) is 2.68. The number of anilines is 1. The van der Waals surface area contributed by atoms with Gasteiger partial charge >= 0.3 is 0 Å². The predicted octanol–water partition coefficient (Wildman–Crippen LogP) is 2.00. The third-order valence-electron chi connectivity index (χ3n) is 1.90. The Hall–Kier alpha value is -1.55. The molecule has 0 unspecified atom stereocenters. The Morgan fingerprint density at radius 3 is 3.00 bits per heavy atom. The number of fused-ring (bicyclic) bond motifs is 1. The predicted molar refractivity (Wildman–Crippen MR) is 53.3 cm³/mol. The molecule has 0 aliphatic carbocycles. The summed E-state index contributed by atoms with van der Waals surface area (Å²) in [5.74, 6) is 0.0224. The monoisotopic (exact) mass is 193 g/mol. The van der Waals surface area contributed by atoms with Crippen LogP contribution in [0.2, 0.25) is 0 Å². The first-order valence-corrected chi connectivity index (χ1v) is 4.56. The molecule has 0 spiro atoms. The van der Waals surface area contributed by atoms with Crippen molar-refractivity contribution in [1.29, 1.82) is 0 Å². The van der Waals surface area contributed by atoms with Crippen LogP contribution >= 0.6 is 11.3 Å². The molecule has 0 saturated heterocycles. The summed E-state index contributed by atoms with van der Waals surface area (Å²) in [6.07, 6.45) is 0.602. The molecule has 0 fully saturated rings. The van der Waals surface area contributed by atoms with Crippen LogP contribution in [0.3, 0.4) is 0 Å². The lowest BCUT2D eigenvalue weighted by molar-refractivity contribution is 0.112. The molecule has 1 aromatic heterocycles. The molecule has 0 aliphatic heterocycles. The molecule has 0 bridgehead atoms. The minimum Gasteiger partial charge on any atom is -0.506 e. The standard InChI is InChI=1S/C9H7NO2S/c10-7-3-5(4-11)8(12)9-6(7)1-2-13-9/h1-4,12H,10H2. The fraction of sp³-hybridized carbons (Fsp3) is 0. The number of hydrogen-bond donors (Lipinski definition) is 2. The van der Waals surface area contributed by atoms with Crippen LogP contribution in [0.1, 0.15) is 10.4 Å². The molecule has 0 amide bonds. The summed E-state index contributed by atoms with van der Waals surface area (Å²) in [6.45, 7) is 0. The Bertz CT molecular complexity index is 476. The number of phenols is 1. The Kier molecular flexibility index (Phi) is 1.70. The van der Waals surface area contributed by atoms with Crippen LogP contribution in [0.5, 0.6) is 5.75 Å². The van der Waals surface area contributed by atoms with Crippen molar-refractivity contribution in [3.63, 3.8) is 0 Å². The number of aromatic hydroxyl groups is 1. The maximum atomic E-state index is 10.5. The van der Waals surface area contributed by atoms with Gasteiger partial charge in [-0.2, -0.15) is 0 Å². The highest BCUT2D eigenvalue weighted by Gasteiger charge is 2.09. The molecule has 0 atom stereocenters. The summed E-state index contributed by atoms with van der Waals surface area (Å²) in [5, 5.41) is 12.2. The van der Waals surface area contributed by atoms with Crippen molar-refractivity contribution in [2.24, 2.45) is 0 Å². The molecule has 2 aromatic rings. The average Bonchev–Trinajstić information content (AvgIpc) is 2.60. The minimum atomic E-state index is 0.0224. The number of benzene rings is 1. The smallest absolute Gasteiger partial charge is 0.153 e. The van der Waals surface area contributed by atoms with Crippen LogP contribution in [-0.2, 0) is 0 Å². The van der Waals surface area contributed by atoms with E-state index in [2.05, 4.69) is 0 Å². The number of nitrogen functional groups attached to an aromatic ring is 1. The van der Waals surface area contributed by atoms with Crippen molar-refractivity contribution >= 4 is 33.4 Å². The van der Waals surface area contributed by atoms with Crippen molar-refractivity contribution in [3.05, 3.63) is 23.1 Å². The Balaban J connectivity index is 2.93. The quantitative estimate of drug-likeness (QED) is 0.413. The third kappa shape index (κ3) is 1.07. The van der Waals surface area contributed by atoms with Gasteiger partial charge in [0.05, 0.1) is 10.3 Å². The molecule has 4 heteroatoms. The fourth-order valence-corrected chi connectivity index (χ4v) is 2.14. The van der Waals surface area contributed by atoms with E-state index in [1.807, 2.05) is 11.4 Å². The summed E-state index contributed by atoms with van der Waals surface area (Å²) in [6, 6.07) is 3.31. The first-order chi connectivity index (χ1) is 6.24. The molecule has 0 aliphatic rings. The van der Waals surface area contributed by atoms with Gasteiger partial charge in [0.1, 0.15) is 5.75 Å². The molecule has 3 nitrogen and oxygen atoms in total. The number of phenolic OH excluding ortho intramolecular Hbond substituents is 1. The SMILES string of the molecule is Nc1cc(C=O)c(O)c2sccc12. The van der Waals surface area contributed by atoms with Gasteiger partial charge in [0, 0.05) is 11.1 Å². The summed E-state index contributed by atoms with van der Waals surface area (Å²) in [5.41, 5.74) is 6.45. The summed E-state index contributed by atoms with van der Waals surface area (Å²) < 4.78 is 0.669. The minimum absolute atomic E-state index is 0.0224. The average molecular weight is 193 g/mol. The topological polar surface area (TPSA) is 63.3 Å². The van der Waals surface area contributed by atoms with E-state index in [0.29, 0.717) is 16.7 Å². The van der Waals surface area contributed by atoms with Crippen molar-refractivity contribution in [3.8, 4) is 5.75 Å². The molecular weight excluding hydrogens is 186 g/mol. The van der Waals surface area contributed by atoms with Gasteiger partial charge < -0.3 is 10.8 Å². The van der Waals surface area contributed by atoms with E-state index in [-0.39, 0.29) is 11.3 Å². The zero-order chi connectivity index (χ0) is 9.42. The highest BCUT2D eigenvalue weighted by atomic mass is 32.1. The fourth-order valence-electron chi connectivity index (χ4n) is 1.25. The van der Waals surface area contributed by atoms with Gasteiger partial charge in [0.15, 0.2) is 6.29 Å². The Morgan fingerprint density at radius 2 is 2.31 bits per heavy atom. The molecule has 3 N–H and O–H groups in total. The number of hydrogen-bond acceptors (Lipinski definition) is 4. The van der Waals surface area contributed by atoms with Crippen molar-refractivity contribution in [1.82, 2.24) is 0 Å². The maximum Gasteiger partial charge on any atom is 0.153 e. The van der Waals surface area contributed by atoms with E-state index < -0.39 is 0 Å². The highest BCUT2D eigenvalue weighted by Crippen LogP contribution is 2.36. The first kappa shape index (κ1) is 8.07. The van der Waals surface area contributed by atoms with E-state index in [0.717, 1.165) is 5.39 Å². The van der Waals surface area contributed by atoms with E-state index >= 15 is 0 Å². The van der Waals surface area contributed by atoms with Crippen molar-refractivity contribution in [2.75, 3.05) is 5.73 Å². The number of aldehydes is 1. The van der Waals surface area contributed by atoms with E-state index in [9.17, 15) is 9.90 Å². The van der Waals surface area contributed by atoms with Crippen molar-refractivity contribution < 1.29 is 9.90 Å². The maximum absolute atomic E-state index is 10.5. The molecule has 1 aromatic carbocycles. The number of thiophene rings is 1. The van der Waals surface area contributed by atoms with Crippen LogP contribution in [0.25, 0.3) is 10.1 Å². The molecular formula is C9H7NO2S. The normalized spacial score (nSPS) is 10.5. The van der Waals surface area contributed by atoms with E-state index in [1.54, 1.807) is 0 Å². The van der Waals surface area contributed by atoms with Crippen LogP contribution in [0.4, 0.5) is 5.69 Å². The van der Waals surface area contributed by atoms with Crippen LogP contribution in [-0.4, -0.2) is 11.4 Å². The van der Waals surface area contributed by atoms with Gasteiger partial charge in [0.25, 0.3) is 0 Å². The molecule has 0 radical (unpaired) electrons. The molecule has 13 heavy (non-hydrogen) atoms. The van der Waals surface area contributed by atoms with Crippen LogP contribution in [0, 0.1) is 0 Å². The van der Waals surface area contributed by atoms with Crippen LogP contribution < -0.4 is 5.73 Å². The van der Waals surface area contributed by atoms with Gasteiger partial charge in [-0.3, -0.25) is 4.79 Å². The Morgan fingerprint density at radius 1 is 1.54 bits per heavy atom. The second-order valence-corrected chi connectivity index (χ2v) is 3.60.